The summed E-state index contributed by atoms with van der Waals surface area (Å²) in [6, 6.07) is 5.64. The number of ether oxygens (including phenoxy) is 1. The van der Waals surface area contributed by atoms with E-state index in [2.05, 4.69) is 6.58 Å². The van der Waals surface area contributed by atoms with E-state index in [-0.39, 0.29) is 5.78 Å². The summed E-state index contributed by atoms with van der Waals surface area (Å²) in [5.41, 5.74) is 1.75. The summed E-state index contributed by atoms with van der Waals surface area (Å²) in [6.07, 6.45) is 6.42. The highest BCUT2D eigenvalue weighted by molar-refractivity contribution is 5.95. The van der Waals surface area contributed by atoms with Gasteiger partial charge in [0, 0.05) is 5.56 Å². The van der Waals surface area contributed by atoms with Crippen LogP contribution in [0.25, 0.3) is 0 Å². The Morgan fingerprint density at radius 3 is 2.72 bits per heavy atom. The highest BCUT2D eigenvalue weighted by atomic mass is 16.5. The van der Waals surface area contributed by atoms with Crippen LogP contribution in [-0.4, -0.2) is 12.4 Å². The fraction of sp³-hybridized carbons (Fsp3) is 0.438. The Kier molecular flexibility index (Phi) is 6.20. The Labute approximate surface area is 110 Å². The van der Waals surface area contributed by atoms with Crippen LogP contribution in [-0.2, 0) is 0 Å². The zero-order valence-electron chi connectivity index (χ0n) is 11.4. The van der Waals surface area contributed by atoms with E-state index >= 15 is 0 Å². The number of hydrogen-bond acceptors (Lipinski definition) is 2. The molecule has 18 heavy (non-hydrogen) atoms. The van der Waals surface area contributed by atoms with E-state index in [0.29, 0.717) is 0 Å². The van der Waals surface area contributed by atoms with Crippen LogP contribution in [0.2, 0.25) is 0 Å². The number of allylic oxidation sites excluding steroid dienone is 1. The first-order valence-corrected chi connectivity index (χ1v) is 6.50. The molecule has 0 aliphatic heterocycles. The molecule has 98 valence electrons. The molecule has 0 amide bonds. The Bertz CT molecular complexity index is 408. The minimum atomic E-state index is 0.100. The maximum atomic E-state index is 11.3. The van der Waals surface area contributed by atoms with Gasteiger partial charge in [0.25, 0.3) is 0 Å². The molecule has 0 bridgehead atoms. The molecule has 0 spiro atoms. The summed E-state index contributed by atoms with van der Waals surface area (Å²) in [6.45, 7) is 7.96. The van der Waals surface area contributed by atoms with Crippen molar-refractivity contribution in [2.24, 2.45) is 0 Å². The van der Waals surface area contributed by atoms with Gasteiger partial charge in [-0.15, -0.1) is 6.58 Å². The zero-order valence-corrected chi connectivity index (χ0v) is 11.4. The summed E-state index contributed by atoms with van der Waals surface area (Å²) in [7, 11) is 0. The SMILES string of the molecule is C=CCCCCCOc1ccc(C(C)=O)c(C)c1. The number of carbonyl (C=O) groups excluding carboxylic acids is 1. The third kappa shape index (κ3) is 4.74. The lowest BCUT2D eigenvalue weighted by Gasteiger charge is -2.08. The maximum Gasteiger partial charge on any atom is 0.160 e. The Hall–Kier alpha value is -1.57. The van der Waals surface area contributed by atoms with Crippen LogP contribution >= 0.6 is 0 Å². The molecule has 1 rings (SSSR count). The molecule has 0 fully saturated rings. The lowest BCUT2D eigenvalue weighted by molar-refractivity contribution is 0.101. The number of Topliss-reactive ketones (excluding diaryl/α,β-unsaturated/α-hetero) is 1. The Morgan fingerprint density at radius 1 is 1.33 bits per heavy atom. The third-order valence-corrected chi connectivity index (χ3v) is 2.90. The number of benzene rings is 1. The van der Waals surface area contributed by atoms with Crippen LogP contribution in [0.3, 0.4) is 0 Å². The lowest BCUT2D eigenvalue weighted by Crippen LogP contribution is -2.00. The van der Waals surface area contributed by atoms with E-state index in [9.17, 15) is 4.79 Å². The average molecular weight is 246 g/mol. The average Bonchev–Trinajstić information content (AvgIpc) is 2.33. The van der Waals surface area contributed by atoms with E-state index < -0.39 is 0 Å². The van der Waals surface area contributed by atoms with Crippen LogP contribution in [0, 0.1) is 6.92 Å². The van der Waals surface area contributed by atoms with E-state index in [0.717, 1.165) is 42.7 Å². The van der Waals surface area contributed by atoms with Crippen molar-refractivity contribution in [3.8, 4) is 5.75 Å². The number of ketones is 1. The molecule has 0 atom stereocenters. The molecule has 2 heteroatoms. The minimum Gasteiger partial charge on any atom is -0.494 e. The van der Waals surface area contributed by atoms with Gasteiger partial charge in [0.15, 0.2) is 5.78 Å². The van der Waals surface area contributed by atoms with Crippen LogP contribution in [0.15, 0.2) is 30.9 Å². The molecule has 1 aromatic carbocycles. The molecule has 0 saturated heterocycles. The van der Waals surface area contributed by atoms with E-state index in [4.69, 9.17) is 4.74 Å². The smallest absolute Gasteiger partial charge is 0.160 e. The molecule has 0 aromatic heterocycles. The molecule has 0 heterocycles. The third-order valence-electron chi connectivity index (χ3n) is 2.90. The number of rotatable bonds is 8. The van der Waals surface area contributed by atoms with Crippen molar-refractivity contribution in [2.45, 2.75) is 39.5 Å². The van der Waals surface area contributed by atoms with Gasteiger partial charge >= 0.3 is 0 Å². The van der Waals surface area contributed by atoms with E-state index in [1.165, 1.54) is 6.42 Å². The highest BCUT2D eigenvalue weighted by Gasteiger charge is 2.04. The number of unbranched alkanes of at least 4 members (excludes halogenated alkanes) is 3. The summed E-state index contributed by atoms with van der Waals surface area (Å²) in [5, 5.41) is 0. The quantitative estimate of drug-likeness (QED) is 0.388. The number of hydrogen-bond donors (Lipinski definition) is 0. The Morgan fingerprint density at radius 2 is 2.11 bits per heavy atom. The van der Waals surface area contributed by atoms with Gasteiger partial charge < -0.3 is 4.74 Å². The first kappa shape index (κ1) is 14.5. The van der Waals surface area contributed by atoms with Gasteiger partial charge in [-0.05, 0) is 63.3 Å². The second-order valence-electron chi connectivity index (χ2n) is 4.52. The fourth-order valence-corrected chi connectivity index (χ4v) is 1.88. The monoisotopic (exact) mass is 246 g/mol. The molecular weight excluding hydrogens is 224 g/mol. The molecule has 0 N–H and O–H groups in total. The van der Waals surface area contributed by atoms with Crippen molar-refractivity contribution in [1.29, 1.82) is 0 Å². The molecule has 0 radical (unpaired) electrons. The topological polar surface area (TPSA) is 26.3 Å². The first-order chi connectivity index (χ1) is 8.65. The van der Waals surface area contributed by atoms with Crippen LogP contribution in [0.1, 0.15) is 48.5 Å². The summed E-state index contributed by atoms with van der Waals surface area (Å²) < 4.78 is 5.66. The first-order valence-electron chi connectivity index (χ1n) is 6.50. The van der Waals surface area contributed by atoms with Crippen LogP contribution < -0.4 is 4.74 Å². The summed E-state index contributed by atoms with van der Waals surface area (Å²) in [4.78, 5) is 11.3. The normalized spacial score (nSPS) is 10.1. The molecular formula is C16H22O2. The van der Waals surface area contributed by atoms with Crippen molar-refractivity contribution in [3.63, 3.8) is 0 Å². The maximum absolute atomic E-state index is 11.3. The predicted molar refractivity (Wildman–Crippen MR) is 75.3 cm³/mol. The molecule has 0 aliphatic carbocycles. The fourth-order valence-electron chi connectivity index (χ4n) is 1.88. The molecule has 2 nitrogen and oxygen atoms in total. The van der Waals surface area contributed by atoms with Gasteiger partial charge in [-0.3, -0.25) is 4.79 Å². The minimum absolute atomic E-state index is 0.100. The Balaban J connectivity index is 2.37. The van der Waals surface area contributed by atoms with Gasteiger partial charge in [0.2, 0.25) is 0 Å². The zero-order chi connectivity index (χ0) is 13.4. The van der Waals surface area contributed by atoms with Gasteiger partial charge in [0.05, 0.1) is 6.61 Å². The predicted octanol–water partition coefficient (Wildman–Crippen LogP) is 4.32. The van der Waals surface area contributed by atoms with Crippen molar-refractivity contribution in [2.75, 3.05) is 6.61 Å². The summed E-state index contributed by atoms with van der Waals surface area (Å²) >= 11 is 0. The second kappa shape index (κ2) is 7.70. The largest absolute Gasteiger partial charge is 0.494 e. The molecule has 0 aliphatic rings. The van der Waals surface area contributed by atoms with Crippen LogP contribution in [0.5, 0.6) is 5.75 Å². The molecule has 1 aromatic rings. The van der Waals surface area contributed by atoms with E-state index in [1.54, 1.807) is 6.92 Å². The van der Waals surface area contributed by atoms with Crippen LogP contribution in [0.4, 0.5) is 0 Å². The highest BCUT2D eigenvalue weighted by Crippen LogP contribution is 2.18. The standard InChI is InChI=1S/C16H22O2/c1-4-5-6-7-8-11-18-15-9-10-16(14(3)17)13(2)12-15/h4,9-10,12H,1,5-8,11H2,2-3H3. The molecule has 0 unspecified atom stereocenters. The molecule has 0 saturated carbocycles. The van der Waals surface area contributed by atoms with Gasteiger partial charge in [0.1, 0.15) is 5.75 Å². The van der Waals surface area contributed by atoms with Crippen molar-refractivity contribution in [3.05, 3.63) is 42.0 Å². The second-order valence-corrected chi connectivity index (χ2v) is 4.52. The van der Waals surface area contributed by atoms with Gasteiger partial charge in [-0.1, -0.05) is 6.08 Å². The van der Waals surface area contributed by atoms with Crippen molar-refractivity contribution < 1.29 is 9.53 Å². The summed E-state index contributed by atoms with van der Waals surface area (Å²) in [5.74, 6) is 0.949. The number of aryl methyl sites for hydroxylation is 1. The number of carbonyl (C=O) groups is 1. The lowest BCUT2D eigenvalue weighted by atomic mass is 10.1. The van der Waals surface area contributed by atoms with Crippen molar-refractivity contribution in [1.82, 2.24) is 0 Å². The van der Waals surface area contributed by atoms with Gasteiger partial charge in [-0.25, -0.2) is 0 Å². The van der Waals surface area contributed by atoms with Crippen molar-refractivity contribution >= 4 is 5.78 Å². The van der Waals surface area contributed by atoms with Gasteiger partial charge in [-0.2, -0.15) is 0 Å². The van der Waals surface area contributed by atoms with E-state index in [1.807, 2.05) is 31.2 Å².